The Bertz CT molecular complexity index is 999. The Morgan fingerprint density at radius 3 is 2.78 bits per heavy atom. The second kappa shape index (κ2) is 6.58. The van der Waals surface area contributed by atoms with Gasteiger partial charge in [-0.3, -0.25) is 4.68 Å². The molecule has 0 saturated carbocycles. The molecule has 5 N–H and O–H groups in total. The maximum absolute atomic E-state index is 6.26. The molecular weight excluding hydrogens is 344 g/mol. The third-order valence-corrected chi connectivity index (χ3v) is 4.90. The number of nitrogens with zero attached hydrogens (tertiary/aromatic N) is 5. The van der Waals surface area contributed by atoms with E-state index in [4.69, 9.17) is 16.2 Å². The van der Waals surface area contributed by atoms with E-state index in [1.165, 1.54) is 0 Å². The molecule has 0 bridgehead atoms. The van der Waals surface area contributed by atoms with Crippen molar-refractivity contribution in [3.05, 3.63) is 18.2 Å². The SMILES string of the molecule is CNc1nc(-c2cc(N)c3c(N)nn(C)c3c2)cc(N2CCOC[C@H]2C)n1. The monoisotopic (exact) mass is 368 g/mol. The van der Waals surface area contributed by atoms with Crippen molar-refractivity contribution in [2.24, 2.45) is 7.05 Å². The van der Waals surface area contributed by atoms with Gasteiger partial charge in [0.2, 0.25) is 5.95 Å². The minimum absolute atomic E-state index is 0.246. The average Bonchev–Trinajstić information content (AvgIpc) is 2.96. The van der Waals surface area contributed by atoms with Crippen LogP contribution in [-0.4, -0.2) is 52.6 Å². The number of anilines is 4. The Kier molecular flexibility index (Phi) is 4.23. The first kappa shape index (κ1) is 17.3. The summed E-state index contributed by atoms with van der Waals surface area (Å²) >= 11 is 0. The summed E-state index contributed by atoms with van der Waals surface area (Å²) in [7, 11) is 3.66. The molecule has 1 aromatic carbocycles. The Hall–Kier alpha value is -3.07. The Morgan fingerprint density at radius 1 is 1.22 bits per heavy atom. The quantitative estimate of drug-likeness (QED) is 0.594. The van der Waals surface area contributed by atoms with Crippen LogP contribution >= 0.6 is 0 Å². The molecule has 4 rings (SSSR count). The number of hydrogen-bond acceptors (Lipinski definition) is 8. The summed E-state index contributed by atoms with van der Waals surface area (Å²) in [6.07, 6.45) is 0. The summed E-state index contributed by atoms with van der Waals surface area (Å²) < 4.78 is 7.28. The van der Waals surface area contributed by atoms with Crippen molar-refractivity contribution < 1.29 is 4.74 Å². The topological polar surface area (TPSA) is 120 Å². The van der Waals surface area contributed by atoms with Crippen LogP contribution in [0.5, 0.6) is 0 Å². The lowest BCUT2D eigenvalue weighted by Gasteiger charge is -2.34. The van der Waals surface area contributed by atoms with Gasteiger partial charge in [0.05, 0.1) is 35.9 Å². The van der Waals surface area contributed by atoms with E-state index in [9.17, 15) is 0 Å². The van der Waals surface area contributed by atoms with Gasteiger partial charge in [-0.15, -0.1) is 0 Å². The number of rotatable bonds is 3. The summed E-state index contributed by atoms with van der Waals surface area (Å²) in [5, 5.41) is 8.09. The highest BCUT2D eigenvalue weighted by atomic mass is 16.5. The number of morpholine rings is 1. The number of nitrogens with one attached hydrogen (secondary N) is 1. The van der Waals surface area contributed by atoms with E-state index < -0.39 is 0 Å². The molecule has 27 heavy (non-hydrogen) atoms. The fourth-order valence-electron chi connectivity index (χ4n) is 3.51. The fraction of sp³-hybridized carbons (Fsp3) is 0.389. The van der Waals surface area contributed by atoms with Crippen LogP contribution in [0.1, 0.15) is 6.92 Å². The van der Waals surface area contributed by atoms with Crippen LogP contribution in [0.15, 0.2) is 18.2 Å². The molecule has 142 valence electrons. The van der Waals surface area contributed by atoms with Crippen molar-refractivity contribution in [2.45, 2.75) is 13.0 Å². The average molecular weight is 368 g/mol. The third kappa shape index (κ3) is 2.99. The van der Waals surface area contributed by atoms with Gasteiger partial charge in [-0.1, -0.05) is 0 Å². The third-order valence-electron chi connectivity index (χ3n) is 4.90. The van der Waals surface area contributed by atoms with Crippen LogP contribution < -0.4 is 21.7 Å². The van der Waals surface area contributed by atoms with Gasteiger partial charge in [0.1, 0.15) is 5.82 Å². The maximum atomic E-state index is 6.26. The van der Waals surface area contributed by atoms with Gasteiger partial charge in [-0.2, -0.15) is 10.1 Å². The number of hydrogen-bond donors (Lipinski definition) is 3. The van der Waals surface area contributed by atoms with Gasteiger partial charge in [-0.25, -0.2) is 4.98 Å². The second-order valence-corrected chi connectivity index (χ2v) is 6.77. The molecule has 2 aromatic heterocycles. The number of nitrogens with two attached hydrogens (primary N) is 2. The first-order valence-corrected chi connectivity index (χ1v) is 8.91. The molecule has 1 aliphatic rings. The predicted octanol–water partition coefficient (Wildman–Crippen LogP) is 1.46. The molecular formula is C18H24N8O. The summed E-state index contributed by atoms with van der Waals surface area (Å²) in [6.45, 7) is 4.29. The second-order valence-electron chi connectivity index (χ2n) is 6.77. The molecule has 1 aliphatic heterocycles. The standard InChI is InChI=1S/C18H24N8O/c1-10-9-27-5-4-26(10)15-8-13(22-18(21-2)23-15)11-6-12(19)16-14(7-11)25(3)24-17(16)20/h6-8,10H,4-5,9,19H2,1-3H3,(H2,20,24)(H,21,22,23)/t10-/m1/s1. The molecule has 9 nitrogen and oxygen atoms in total. The first-order chi connectivity index (χ1) is 13.0. The zero-order valence-electron chi connectivity index (χ0n) is 15.7. The van der Waals surface area contributed by atoms with Crippen LogP contribution in [0.2, 0.25) is 0 Å². The maximum Gasteiger partial charge on any atom is 0.224 e. The predicted molar refractivity (Wildman–Crippen MR) is 108 cm³/mol. The van der Waals surface area contributed by atoms with Crippen LogP contribution in [0.25, 0.3) is 22.2 Å². The van der Waals surface area contributed by atoms with Crippen LogP contribution in [0.3, 0.4) is 0 Å². The normalized spacial score (nSPS) is 17.4. The number of fused-ring (bicyclic) bond motifs is 1. The molecule has 0 radical (unpaired) electrons. The molecule has 1 fully saturated rings. The van der Waals surface area contributed by atoms with Gasteiger partial charge in [0, 0.05) is 38.0 Å². The smallest absolute Gasteiger partial charge is 0.224 e. The number of aromatic nitrogens is 4. The zero-order chi connectivity index (χ0) is 19.1. The lowest BCUT2D eigenvalue weighted by molar-refractivity contribution is 0.0985. The number of ether oxygens (including phenoxy) is 1. The van der Waals surface area contributed by atoms with Crippen molar-refractivity contribution in [1.29, 1.82) is 0 Å². The Morgan fingerprint density at radius 2 is 2.04 bits per heavy atom. The number of nitrogen functional groups attached to an aromatic ring is 2. The molecule has 1 atom stereocenters. The lowest BCUT2D eigenvalue weighted by Crippen LogP contribution is -2.44. The van der Waals surface area contributed by atoms with Crippen molar-refractivity contribution in [2.75, 3.05) is 48.5 Å². The minimum Gasteiger partial charge on any atom is -0.398 e. The first-order valence-electron chi connectivity index (χ1n) is 8.91. The molecule has 0 amide bonds. The van der Waals surface area contributed by atoms with Crippen molar-refractivity contribution >= 4 is 34.2 Å². The largest absolute Gasteiger partial charge is 0.398 e. The van der Waals surface area contributed by atoms with Gasteiger partial charge in [0.25, 0.3) is 0 Å². The molecule has 0 aliphatic carbocycles. The zero-order valence-corrected chi connectivity index (χ0v) is 15.7. The van der Waals surface area contributed by atoms with Crippen molar-refractivity contribution in [3.63, 3.8) is 0 Å². The van der Waals surface area contributed by atoms with E-state index >= 15 is 0 Å². The number of benzene rings is 1. The molecule has 3 aromatic rings. The summed E-state index contributed by atoms with van der Waals surface area (Å²) in [5.74, 6) is 1.85. The van der Waals surface area contributed by atoms with E-state index in [1.54, 1.807) is 4.68 Å². The summed E-state index contributed by atoms with van der Waals surface area (Å²) in [5.41, 5.74) is 15.4. The highest BCUT2D eigenvalue weighted by Crippen LogP contribution is 2.33. The van der Waals surface area contributed by atoms with Crippen molar-refractivity contribution in [1.82, 2.24) is 19.7 Å². The molecule has 9 heteroatoms. The summed E-state index contributed by atoms with van der Waals surface area (Å²) in [4.78, 5) is 11.5. The van der Waals surface area contributed by atoms with Gasteiger partial charge in [-0.05, 0) is 19.1 Å². The van der Waals surface area contributed by atoms with Gasteiger partial charge >= 0.3 is 0 Å². The molecule has 1 saturated heterocycles. The van der Waals surface area contributed by atoms with E-state index in [-0.39, 0.29) is 6.04 Å². The fourth-order valence-corrected chi connectivity index (χ4v) is 3.51. The van der Waals surface area contributed by atoms with Crippen LogP contribution in [0, 0.1) is 0 Å². The molecule has 0 unspecified atom stereocenters. The van der Waals surface area contributed by atoms with E-state index in [0.717, 1.165) is 34.5 Å². The van der Waals surface area contributed by atoms with Crippen LogP contribution in [-0.2, 0) is 11.8 Å². The van der Waals surface area contributed by atoms with Gasteiger partial charge in [0.15, 0.2) is 5.82 Å². The van der Waals surface area contributed by atoms with E-state index in [1.807, 2.05) is 32.3 Å². The van der Waals surface area contributed by atoms with Crippen molar-refractivity contribution in [3.8, 4) is 11.3 Å². The van der Waals surface area contributed by atoms with Gasteiger partial charge < -0.3 is 26.4 Å². The van der Waals surface area contributed by atoms with E-state index in [2.05, 4.69) is 32.2 Å². The Labute approximate surface area is 157 Å². The highest BCUT2D eigenvalue weighted by Gasteiger charge is 2.22. The molecule has 3 heterocycles. The van der Waals surface area contributed by atoms with Crippen LogP contribution in [0.4, 0.5) is 23.3 Å². The minimum atomic E-state index is 0.246. The Balaban J connectivity index is 1.85. The summed E-state index contributed by atoms with van der Waals surface area (Å²) in [6, 6.07) is 6.12. The number of aryl methyl sites for hydroxylation is 1. The van der Waals surface area contributed by atoms with E-state index in [0.29, 0.717) is 30.7 Å². The molecule has 0 spiro atoms. The lowest BCUT2D eigenvalue weighted by atomic mass is 10.1. The highest BCUT2D eigenvalue weighted by molar-refractivity contribution is 6.01.